The molecule has 25 heavy (non-hydrogen) atoms. The van der Waals surface area contributed by atoms with Gasteiger partial charge in [0, 0.05) is 0 Å². The van der Waals surface area contributed by atoms with Crippen molar-refractivity contribution in [3.8, 4) is 11.5 Å². The van der Waals surface area contributed by atoms with Crippen LogP contribution in [0, 0.1) is 0 Å². The molecule has 0 unspecified atom stereocenters. The van der Waals surface area contributed by atoms with Crippen molar-refractivity contribution >= 4 is 12.1 Å². The second kappa shape index (κ2) is 6.84. The fourth-order valence-electron chi connectivity index (χ4n) is 2.25. The van der Waals surface area contributed by atoms with E-state index in [0.717, 1.165) is 12.1 Å². The zero-order valence-corrected chi connectivity index (χ0v) is 12.8. The van der Waals surface area contributed by atoms with E-state index in [-0.39, 0.29) is 18.8 Å². The van der Waals surface area contributed by atoms with Gasteiger partial charge in [-0.3, -0.25) is 4.79 Å². The first-order valence-corrected chi connectivity index (χ1v) is 7.29. The number of amides is 1. The van der Waals surface area contributed by atoms with E-state index in [9.17, 15) is 18.0 Å². The third-order valence-electron chi connectivity index (χ3n) is 3.42. The summed E-state index contributed by atoms with van der Waals surface area (Å²) in [6.07, 6.45) is -3.24. The summed E-state index contributed by atoms with van der Waals surface area (Å²) in [6.45, 7) is 0.156. The Bertz CT molecular complexity index is 819. The van der Waals surface area contributed by atoms with Crippen molar-refractivity contribution in [1.82, 2.24) is 5.43 Å². The topological polar surface area (TPSA) is 59.9 Å². The molecule has 8 heteroatoms. The zero-order chi connectivity index (χ0) is 17.9. The molecule has 0 radical (unpaired) electrons. The Morgan fingerprint density at radius 2 is 1.96 bits per heavy atom. The highest BCUT2D eigenvalue weighted by atomic mass is 19.4. The second-order valence-electron chi connectivity index (χ2n) is 5.28. The summed E-state index contributed by atoms with van der Waals surface area (Å²) in [5.41, 5.74) is 2.43. The highest BCUT2D eigenvalue weighted by Gasteiger charge is 2.30. The van der Waals surface area contributed by atoms with Crippen LogP contribution in [-0.2, 0) is 17.4 Å². The summed E-state index contributed by atoms with van der Waals surface area (Å²) in [6, 6.07) is 9.77. The zero-order valence-electron chi connectivity index (χ0n) is 12.8. The van der Waals surface area contributed by atoms with Crippen LogP contribution >= 0.6 is 0 Å². The number of fused-ring (bicyclic) bond motifs is 1. The predicted octanol–water partition coefficient (Wildman–Crippen LogP) is 3.13. The molecule has 1 heterocycles. The Balaban J connectivity index is 1.58. The van der Waals surface area contributed by atoms with E-state index in [1.807, 2.05) is 0 Å². The lowest BCUT2D eigenvalue weighted by Gasteiger charge is -2.08. The number of hydrogen-bond acceptors (Lipinski definition) is 4. The first-order chi connectivity index (χ1) is 11.9. The minimum absolute atomic E-state index is 0.156. The number of nitrogens with zero attached hydrogens (tertiary/aromatic N) is 1. The van der Waals surface area contributed by atoms with E-state index in [0.29, 0.717) is 17.1 Å². The smallest absolute Gasteiger partial charge is 0.416 e. The maximum Gasteiger partial charge on any atom is 0.416 e. The first-order valence-electron chi connectivity index (χ1n) is 7.29. The van der Waals surface area contributed by atoms with Crippen LogP contribution in [0.1, 0.15) is 16.7 Å². The standard InChI is InChI=1S/C17H13F3N2O3/c18-17(19,20)13-3-1-2-11(6-13)8-16(23)22-21-9-12-4-5-14-15(7-12)25-10-24-14/h1-7,9H,8,10H2,(H,22,23). The van der Waals surface area contributed by atoms with Crippen molar-refractivity contribution in [3.05, 3.63) is 59.2 Å². The highest BCUT2D eigenvalue weighted by molar-refractivity contribution is 5.84. The van der Waals surface area contributed by atoms with Crippen LogP contribution in [0.4, 0.5) is 13.2 Å². The number of rotatable bonds is 4. The number of benzene rings is 2. The van der Waals surface area contributed by atoms with Gasteiger partial charge in [-0.1, -0.05) is 18.2 Å². The second-order valence-corrected chi connectivity index (χ2v) is 5.28. The summed E-state index contributed by atoms with van der Waals surface area (Å²) in [7, 11) is 0. The number of nitrogens with one attached hydrogen (secondary N) is 1. The third kappa shape index (κ3) is 4.28. The van der Waals surface area contributed by atoms with Crippen LogP contribution in [-0.4, -0.2) is 18.9 Å². The van der Waals surface area contributed by atoms with Gasteiger partial charge < -0.3 is 9.47 Å². The first kappa shape index (κ1) is 16.8. The fraction of sp³-hybridized carbons (Fsp3) is 0.176. The van der Waals surface area contributed by atoms with Crippen molar-refractivity contribution in [2.75, 3.05) is 6.79 Å². The van der Waals surface area contributed by atoms with Crippen LogP contribution in [0.3, 0.4) is 0 Å². The molecule has 0 saturated carbocycles. The van der Waals surface area contributed by atoms with Crippen molar-refractivity contribution in [2.45, 2.75) is 12.6 Å². The van der Waals surface area contributed by atoms with E-state index in [1.54, 1.807) is 18.2 Å². The average molecular weight is 350 g/mol. The van der Waals surface area contributed by atoms with Crippen LogP contribution in [0.15, 0.2) is 47.6 Å². The van der Waals surface area contributed by atoms with Gasteiger partial charge in [0.05, 0.1) is 18.2 Å². The van der Waals surface area contributed by atoms with Crippen LogP contribution in [0.25, 0.3) is 0 Å². The molecule has 130 valence electrons. The predicted molar refractivity (Wildman–Crippen MR) is 83.4 cm³/mol. The van der Waals surface area contributed by atoms with Crippen LogP contribution in [0.2, 0.25) is 0 Å². The molecule has 2 aromatic rings. The minimum atomic E-state index is -4.44. The number of hydrazone groups is 1. The Morgan fingerprint density at radius 1 is 1.16 bits per heavy atom. The van der Waals surface area contributed by atoms with Gasteiger partial charge in [-0.15, -0.1) is 0 Å². The molecule has 1 aliphatic heterocycles. The molecule has 5 nitrogen and oxygen atoms in total. The Kier molecular flexibility index (Phi) is 4.60. The maximum atomic E-state index is 12.6. The molecule has 0 aromatic heterocycles. The van der Waals surface area contributed by atoms with E-state index in [2.05, 4.69) is 10.5 Å². The monoisotopic (exact) mass is 350 g/mol. The quantitative estimate of drug-likeness (QED) is 0.681. The van der Waals surface area contributed by atoms with E-state index in [1.165, 1.54) is 18.3 Å². The van der Waals surface area contributed by atoms with E-state index in [4.69, 9.17) is 9.47 Å². The highest BCUT2D eigenvalue weighted by Crippen LogP contribution is 2.32. The molecule has 0 fully saturated rings. The number of carbonyl (C=O) groups is 1. The molecule has 2 aromatic carbocycles. The number of alkyl halides is 3. The number of halogens is 3. The molecular formula is C17H13F3N2O3. The molecule has 0 spiro atoms. The summed E-state index contributed by atoms with van der Waals surface area (Å²) >= 11 is 0. The molecule has 1 aliphatic rings. The lowest BCUT2D eigenvalue weighted by molar-refractivity contribution is -0.137. The molecular weight excluding hydrogens is 337 g/mol. The maximum absolute atomic E-state index is 12.6. The Labute approximate surface area is 141 Å². The van der Waals surface area contributed by atoms with Gasteiger partial charge in [-0.05, 0) is 35.4 Å². The van der Waals surface area contributed by atoms with E-state index < -0.39 is 17.6 Å². The summed E-state index contributed by atoms with van der Waals surface area (Å²) in [5, 5.41) is 3.79. The number of hydrogen-bond donors (Lipinski definition) is 1. The molecule has 1 amide bonds. The molecule has 1 N–H and O–H groups in total. The number of ether oxygens (including phenoxy) is 2. The average Bonchev–Trinajstić information content (AvgIpc) is 3.02. The fourth-order valence-corrected chi connectivity index (χ4v) is 2.25. The Hall–Kier alpha value is -3.03. The van der Waals surface area contributed by atoms with Gasteiger partial charge in [-0.25, -0.2) is 5.43 Å². The molecule has 0 aliphatic carbocycles. The van der Waals surface area contributed by atoms with Crippen LogP contribution < -0.4 is 14.9 Å². The molecule has 3 rings (SSSR count). The molecule has 0 saturated heterocycles. The minimum Gasteiger partial charge on any atom is -0.454 e. The lowest BCUT2D eigenvalue weighted by Crippen LogP contribution is -2.20. The molecule has 0 bridgehead atoms. The van der Waals surface area contributed by atoms with Crippen molar-refractivity contribution in [1.29, 1.82) is 0 Å². The summed E-state index contributed by atoms with van der Waals surface area (Å²) in [5.74, 6) is 0.696. The van der Waals surface area contributed by atoms with Crippen molar-refractivity contribution in [2.24, 2.45) is 5.10 Å². The van der Waals surface area contributed by atoms with Gasteiger partial charge in [0.25, 0.3) is 0 Å². The molecule has 0 atom stereocenters. The summed E-state index contributed by atoms with van der Waals surface area (Å²) in [4.78, 5) is 11.8. The number of carbonyl (C=O) groups excluding carboxylic acids is 1. The largest absolute Gasteiger partial charge is 0.454 e. The van der Waals surface area contributed by atoms with E-state index >= 15 is 0 Å². The SMILES string of the molecule is O=C(Cc1cccc(C(F)(F)F)c1)NN=Cc1ccc2c(c1)OCO2. The van der Waals surface area contributed by atoms with Gasteiger partial charge in [0.2, 0.25) is 12.7 Å². The van der Waals surface area contributed by atoms with Gasteiger partial charge in [-0.2, -0.15) is 18.3 Å². The van der Waals surface area contributed by atoms with Crippen molar-refractivity contribution < 1.29 is 27.4 Å². The normalized spacial score (nSPS) is 13.2. The summed E-state index contributed by atoms with van der Waals surface area (Å²) < 4.78 is 48.3. The van der Waals surface area contributed by atoms with Crippen molar-refractivity contribution in [3.63, 3.8) is 0 Å². The van der Waals surface area contributed by atoms with Gasteiger partial charge >= 0.3 is 6.18 Å². The third-order valence-corrected chi connectivity index (χ3v) is 3.42. The van der Waals surface area contributed by atoms with Gasteiger partial charge in [0.15, 0.2) is 11.5 Å². The lowest BCUT2D eigenvalue weighted by atomic mass is 10.1. The van der Waals surface area contributed by atoms with Gasteiger partial charge in [0.1, 0.15) is 0 Å². The Morgan fingerprint density at radius 3 is 2.76 bits per heavy atom. The van der Waals surface area contributed by atoms with Crippen LogP contribution in [0.5, 0.6) is 11.5 Å².